The van der Waals surface area contributed by atoms with Crippen molar-refractivity contribution in [3.63, 3.8) is 0 Å². The van der Waals surface area contributed by atoms with Gasteiger partial charge in [0.25, 0.3) is 0 Å². The lowest BCUT2D eigenvalue weighted by molar-refractivity contribution is -0.137. The maximum atomic E-state index is 13.4. The maximum Gasteiger partial charge on any atom is 0.416 e. The van der Waals surface area contributed by atoms with Crippen LogP contribution in [0.15, 0.2) is 42.5 Å². The van der Waals surface area contributed by atoms with E-state index in [-0.39, 0.29) is 30.3 Å². The zero-order chi connectivity index (χ0) is 24.6. The molecule has 0 aliphatic carbocycles. The van der Waals surface area contributed by atoms with Crippen molar-refractivity contribution in [2.45, 2.75) is 44.1 Å². The summed E-state index contributed by atoms with van der Waals surface area (Å²) in [5, 5.41) is 3.00. The molecule has 188 valence electrons. The van der Waals surface area contributed by atoms with Crippen LogP contribution >= 0.6 is 0 Å². The molecule has 2 saturated heterocycles. The van der Waals surface area contributed by atoms with Gasteiger partial charge >= 0.3 is 6.18 Å². The minimum atomic E-state index is -4.43. The Morgan fingerprint density at radius 3 is 2.63 bits per heavy atom. The van der Waals surface area contributed by atoms with E-state index in [1.165, 1.54) is 18.2 Å². The first-order valence-electron chi connectivity index (χ1n) is 12.1. The molecular weight excluding hydrogens is 462 g/mol. The highest BCUT2D eigenvalue weighted by molar-refractivity contribution is 5.82. The minimum Gasteiger partial charge on any atom is -0.376 e. The number of rotatable bonds is 5. The summed E-state index contributed by atoms with van der Waals surface area (Å²) < 4.78 is 59.1. The third kappa shape index (κ3) is 5.30. The summed E-state index contributed by atoms with van der Waals surface area (Å²) in [6.45, 7) is 3.60. The van der Waals surface area contributed by atoms with Crippen LogP contribution in [-0.4, -0.2) is 55.7 Å². The lowest BCUT2D eigenvalue weighted by Gasteiger charge is -2.49. The van der Waals surface area contributed by atoms with E-state index >= 15 is 0 Å². The molecule has 1 amide bonds. The summed E-state index contributed by atoms with van der Waals surface area (Å²) in [6, 6.07) is 10.1. The summed E-state index contributed by atoms with van der Waals surface area (Å²) >= 11 is 0. The number of carbonyl (C=O) groups excluding carboxylic acids is 1. The Bertz CT molecular complexity index is 1050. The van der Waals surface area contributed by atoms with Crippen LogP contribution in [0.2, 0.25) is 0 Å². The van der Waals surface area contributed by atoms with Gasteiger partial charge in [-0.25, -0.2) is 4.39 Å². The Morgan fingerprint density at radius 2 is 1.91 bits per heavy atom. The number of nitrogens with one attached hydrogen (secondary N) is 1. The number of ether oxygens (including phenoxy) is 1. The molecule has 0 unspecified atom stereocenters. The molecule has 0 bridgehead atoms. The predicted octanol–water partition coefficient (Wildman–Crippen LogP) is 4.00. The van der Waals surface area contributed by atoms with Crippen molar-refractivity contribution in [1.29, 1.82) is 0 Å². The van der Waals surface area contributed by atoms with Gasteiger partial charge in [0.15, 0.2) is 0 Å². The van der Waals surface area contributed by atoms with Gasteiger partial charge < -0.3 is 15.0 Å². The Kier molecular flexibility index (Phi) is 6.72. The van der Waals surface area contributed by atoms with E-state index in [0.29, 0.717) is 44.9 Å². The molecule has 9 heteroatoms. The number of anilines is 1. The smallest absolute Gasteiger partial charge is 0.376 e. The number of alkyl halides is 3. The summed E-state index contributed by atoms with van der Waals surface area (Å²) in [5.41, 5.74) is 1.61. The number of benzene rings is 2. The van der Waals surface area contributed by atoms with Crippen LogP contribution in [0.3, 0.4) is 0 Å². The quantitative estimate of drug-likeness (QED) is 0.643. The molecule has 5 nitrogen and oxygen atoms in total. The van der Waals surface area contributed by atoms with Crippen molar-refractivity contribution in [2.24, 2.45) is 5.92 Å². The van der Waals surface area contributed by atoms with Crippen LogP contribution in [0, 0.1) is 11.7 Å². The second-order valence-corrected chi connectivity index (χ2v) is 9.65. The first-order valence-corrected chi connectivity index (χ1v) is 12.1. The number of carbonyl (C=O) groups is 1. The summed E-state index contributed by atoms with van der Waals surface area (Å²) in [6.07, 6.45) is -2.33. The van der Waals surface area contributed by atoms with Gasteiger partial charge in [-0.2, -0.15) is 13.2 Å². The van der Waals surface area contributed by atoms with Crippen molar-refractivity contribution in [3.05, 3.63) is 65.0 Å². The van der Waals surface area contributed by atoms with Crippen LogP contribution in [0.4, 0.5) is 23.2 Å². The zero-order valence-corrected chi connectivity index (χ0v) is 19.4. The molecule has 3 aliphatic rings. The molecule has 0 spiro atoms. The lowest BCUT2D eigenvalue weighted by Crippen LogP contribution is -2.61. The highest BCUT2D eigenvalue weighted by atomic mass is 19.4. The van der Waals surface area contributed by atoms with E-state index in [0.717, 1.165) is 30.2 Å². The third-order valence-electron chi connectivity index (χ3n) is 7.31. The molecule has 3 atom stereocenters. The van der Waals surface area contributed by atoms with Crippen LogP contribution < -0.4 is 10.2 Å². The molecular formula is C26H29F4N3O2. The van der Waals surface area contributed by atoms with Crippen molar-refractivity contribution >= 4 is 11.6 Å². The standard InChI is InChI=1S/C26H29F4N3O2/c27-20-6-3-17(4-7-20)15-32-9-10-33-23-8-5-19(26(28,29)30)12-18(23)13-22(24(33)16-32)25(34)31-14-21-2-1-11-35-21/h3-8,12,21-22,24H,1-2,9-11,13-16H2,(H,31,34)/t21-,22+,24+/m0/s1. The van der Waals surface area contributed by atoms with E-state index in [4.69, 9.17) is 4.74 Å². The average Bonchev–Trinajstić information content (AvgIpc) is 3.36. The van der Waals surface area contributed by atoms with E-state index in [9.17, 15) is 22.4 Å². The van der Waals surface area contributed by atoms with Crippen molar-refractivity contribution in [3.8, 4) is 0 Å². The molecule has 3 aliphatic heterocycles. The summed E-state index contributed by atoms with van der Waals surface area (Å²) in [4.78, 5) is 17.6. The second kappa shape index (κ2) is 9.78. The fraction of sp³-hybridized carbons (Fsp3) is 0.500. The highest BCUT2D eigenvalue weighted by Gasteiger charge is 2.42. The topological polar surface area (TPSA) is 44.8 Å². The third-order valence-corrected chi connectivity index (χ3v) is 7.31. The number of halogens is 4. The van der Waals surface area contributed by atoms with Gasteiger partial charge in [0.2, 0.25) is 5.91 Å². The summed E-state index contributed by atoms with van der Waals surface area (Å²) in [7, 11) is 0. The molecule has 2 aromatic rings. The van der Waals surface area contributed by atoms with E-state index in [1.54, 1.807) is 18.2 Å². The van der Waals surface area contributed by atoms with Crippen LogP contribution in [0.1, 0.15) is 29.5 Å². The summed E-state index contributed by atoms with van der Waals surface area (Å²) in [5.74, 6) is -0.922. The van der Waals surface area contributed by atoms with Crippen molar-refractivity contribution in [2.75, 3.05) is 37.7 Å². The van der Waals surface area contributed by atoms with Crippen LogP contribution in [0.25, 0.3) is 0 Å². The van der Waals surface area contributed by atoms with Crippen molar-refractivity contribution in [1.82, 2.24) is 10.2 Å². The molecule has 35 heavy (non-hydrogen) atoms. The maximum absolute atomic E-state index is 13.4. The number of hydrogen-bond donors (Lipinski definition) is 1. The van der Waals surface area contributed by atoms with Gasteiger partial charge in [-0.1, -0.05) is 12.1 Å². The van der Waals surface area contributed by atoms with Gasteiger partial charge in [-0.3, -0.25) is 9.69 Å². The Hall–Kier alpha value is -2.65. The molecule has 0 saturated carbocycles. The number of amides is 1. The average molecular weight is 492 g/mol. The molecule has 0 radical (unpaired) electrons. The first-order chi connectivity index (χ1) is 16.8. The second-order valence-electron chi connectivity index (χ2n) is 9.65. The predicted molar refractivity (Wildman–Crippen MR) is 123 cm³/mol. The Balaban J connectivity index is 1.38. The largest absolute Gasteiger partial charge is 0.416 e. The molecule has 2 aromatic carbocycles. The number of nitrogens with zero attached hydrogens (tertiary/aromatic N) is 2. The lowest BCUT2D eigenvalue weighted by atomic mass is 9.82. The zero-order valence-electron chi connectivity index (χ0n) is 19.4. The van der Waals surface area contributed by atoms with E-state index < -0.39 is 17.7 Å². The SMILES string of the molecule is O=C(NC[C@@H]1CCCO1)[C@@H]1Cc2cc(C(F)(F)F)ccc2N2CCN(Cc3ccc(F)cc3)C[C@H]12. The minimum absolute atomic E-state index is 0.0101. The van der Waals surface area contributed by atoms with Crippen LogP contribution in [-0.2, 0) is 28.7 Å². The molecule has 1 N–H and O–H groups in total. The molecule has 2 fully saturated rings. The highest BCUT2D eigenvalue weighted by Crippen LogP contribution is 2.40. The van der Waals surface area contributed by atoms with Gasteiger partial charge in [0, 0.05) is 45.0 Å². The van der Waals surface area contributed by atoms with Crippen LogP contribution in [0.5, 0.6) is 0 Å². The fourth-order valence-electron chi connectivity index (χ4n) is 5.50. The number of fused-ring (bicyclic) bond motifs is 3. The molecule has 0 aromatic heterocycles. The first kappa shape index (κ1) is 24.1. The molecule has 3 heterocycles. The van der Waals surface area contributed by atoms with Crippen molar-refractivity contribution < 1.29 is 27.1 Å². The van der Waals surface area contributed by atoms with E-state index in [2.05, 4.69) is 15.1 Å². The normalized spacial score (nSPS) is 24.7. The Labute approximate surface area is 202 Å². The van der Waals surface area contributed by atoms with Gasteiger partial charge in [0.1, 0.15) is 5.82 Å². The number of hydrogen-bond acceptors (Lipinski definition) is 4. The fourth-order valence-corrected chi connectivity index (χ4v) is 5.50. The monoisotopic (exact) mass is 491 g/mol. The van der Waals surface area contributed by atoms with Gasteiger partial charge in [0.05, 0.1) is 23.6 Å². The van der Waals surface area contributed by atoms with Gasteiger partial charge in [-0.05, 0) is 60.7 Å². The van der Waals surface area contributed by atoms with Gasteiger partial charge in [-0.15, -0.1) is 0 Å². The molecule has 5 rings (SSSR count). The van der Waals surface area contributed by atoms with E-state index in [1.807, 2.05) is 0 Å². The number of piperazine rings is 1. The Morgan fingerprint density at radius 1 is 1.11 bits per heavy atom.